The maximum atomic E-state index is 11.0. The standard InChI is InChI=1S/C7H9NO2/c1-8(2)7(9)6-4-3-5-10-6/h3-5H,1-2H3. The fourth-order valence-corrected chi connectivity index (χ4v) is 0.621. The van der Waals surface area contributed by atoms with Gasteiger partial charge in [0.15, 0.2) is 5.76 Å². The zero-order valence-electron chi connectivity index (χ0n) is 6.00. The lowest BCUT2D eigenvalue weighted by Crippen LogP contribution is -2.20. The van der Waals surface area contributed by atoms with Crippen LogP contribution in [0, 0.1) is 0 Å². The highest BCUT2D eigenvalue weighted by Crippen LogP contribution is 2.01. The van der Waals surface area contributed by atoms with E-state index in [4.69, 9.17) is 4.42 Å². The predicted octanol–water partition coefficient (Wildman–Crippen LogP) is 0.981. The molecule has 0 radical (unpaired) electrons. The minimum atomic E-state index is -0.106. The summed E-state index contributed by atoms with van der Waals surface area (Å²) < 4.78 is 4.87. The minimum Gasteiger partial charge on any atom is -0.459 e. The van der Waals surface area contributed by atoms with E-state index in [1.165, 1.54) is 11.2 Å². The van der Waals surface area contributed by atoms with Crippen LogP contribution in [0.4, 0.5) is 0 Å². The molecule has 54 valence electrons. The van der Waals surface area contributed by atoms with E-state index in [2.05, 4.69) is 0 Å². The van der Waals surface area contributed by atoms with Gasteiger partial charge in [-0.05, 0) is 12.1 Å². The van der Waals surface area contributed by atoms with Gasteiger partial charge < -0.3 is 9.32 Å². The summed E-state index contributed by atoms with van der Waals surface area (Å²) in [7, 11) is 3.37. The van der Waals surface area contributed by atoms with Crippen molar-refractivity contribution < 1.29 is 9.21 Å². The summed E-state index contributed by atoms with van der Waals surface area (Å²) in [5.41, 5.74) is 0. The molecule has 0 bridgehead atoms. The molecule has 0 N–H and O–H groups in total. The first-order valence-electron chi connectivity index (χ1n) is 2.97. The van der Waals surface area contributed by atoms with Gasteiger partial charge in [0, 0.05) is 14.1 Å². The van der Waals surface area contributed by atoms with Crippen LogP contribution in [0.1, 0.15) is 10.6 Å². The average molecular weight is 139 g/mol. The van der Waals surface area contributed by atoms with Crippen LogP contribution in [0.2, 0.25) is 0 Å². The highest BCUT2D eigenvalue weighted by atomic mass is 16.3. The Morgan fingerprint density at radius 2 is 2.30 bits per heavy atom. The van der Waals surface area contributed by atoms with Crippen molar-refractivity contribution in [1.29, 1.82) is 0 Å². The molecule has 0 saturated heterocycles. The van der Waals surface area contributed by atoms with Crippen molar-refractivity contribution in [3.05, 3.63) is 24.2 Å². The van der Waals surface area contributed by atoms with Gasteiger partial charge in [0.05, 0.1) is 6.26 Å². The first kappa shape index (κ1) is 6.86. The van der Waals surface area contributed by atoms with E-state index >= 15 is 0 Å². The molecule has 1 aromatic rings. The molecule has 0 atom stereocenters. The molecule has 0 saturated carbocycles. The normalized spacial score (nSPS) is 9.40. The van der Waals surface area contributed by atoms with E-state index in [0.29, 0.717) is 5.76 Å². The lowest BCUT2D eigenvalue weighted by molar-refractivity contribution is 0.0797. The van der Waals surface area contributed by atoms with Crippen LogP contribution < -0.4 is 0 Å². The Labute approximate surface area is 59.2 Å². The van der Waals surface area contributed by atoms with Gasteiger partial charge in [-0.15, -0.1) is 0 Å². The largest absolute Gasteiger partial charge is 0.459 e. The molecule has 0 aliphatic carbocycles. The number of hydrogen-bond acceptors (Lipinski definition) is 2. The number of furan rings is 1. The Kier molecular flexibility index (Phi) is 1.76. The Balaban J connectivity index is 2.78. The van der Waals surface area contributed by atoms with E-state index in [9.17, 15) is 4.79 Å². The fraction of sp³-hybridized carbons (Fsp3) is 0.286. The molecule has 3 nitrogen and oxygen atoms in total. The number of hydrogen-bond donors (Lipinski definition) is 0. The van der Waals surface area contributed by atoms with Gasteiger partial charge in [-0.2, -0.15) is 0 Å². The van der Waals surface area contributed by atoms with Gasteiger partial charge >= 0.3 is 0 Å². The summed E-state index contributed by atoms with van der Waals surface area (Å²) in [4.78, 5) is 12.5. The Hall–Kier alpha value is -1.25. The zero-order chi connectivity index (χ0) is 7.56. The highest BCUT2D eigenvalue weighted by molar-refractivity contribution is 5.90. The molecular weight excluding hydrogens is 130 g/mol. The maximum Gasteiger partial charge on any atom is 0.289 e. The van der Waals surface area contributed by atoms with Crippen molar-refractivity contribution in [2.75, 3.05) is 14.1 Å². The van der Waals surface area contributed by atoms with Crippen molar-refractivity contribution in [3.8, 4) is 0 Å². The van der Waals surface area contributed by atoms with Crippen LogP contribution >= 0.6 is 0 Å². The number of rotatable bonds is 1. The van der Waals surface area contributed by atoms with Crippen molar-refractivity contribution in [3.63, 3.8) is 0 Å². The quantitative estimate of drug-likeness (QED) is 0.581. The molecule has 10 heavy (non-hydrogen) atoms. The first-order chi connectivity index (χ1) is 4.72. The second kappa shape index (κ2) is 2.56. The summed E-state index contributed by atoms with van der Waals surface area (Å²) in [5.74, 6) is 0.273. The van der Waals surface area contributed by atoms with E-state index in [1.807, 2.05) is 0 Å². The summed E-state index contributed by atoms with van der Waals surface area (Å²) in [6.45, 7) is 0. The fourth-order valence-electron chi connectivity index (χ4n) is 0.621. The van der Waals surface area contributed by atoms with E-state index < -0.39 is 0 Å². The molecular formula is C7H9NO2. The van der Waals surface area contributed by atoms with Crippen LogP contribution in [0.15, 0.2) is 22.8 Å². The molecule has 3 heteroatoms. The molecule has 1 aromatic heterocycles. The van der Waals surface area contributed by atoms with Gasteiger partial charge in [-0.25, -0.2) is 0 Å². The van der Waals surface area contributed by atoms with Crippen molar-refractivity contribution in [2.24, 2.45) is 0 Å². The molecule has 1 rings (SSSR count). The van der Waals surface area contributed by atoms with Crippen LogP contribution in [-0.2, 0) is 0 Å². The van der Waals surface area contributed by atoms with Crippen LogP contribution in [-0.4, -0.2) is 24.9 Å². The SMILES string of the molecule is CN(C)C(=O)c1ccco1. The third kappa shape index (κ3) is 1.18. The summed E-state index contributed by atoms with van der Waals surface area (Å²) in [6.07, 6.45) is 1.48. The lowest BCUT2D eigenvalue weighted by Gasteiger charge is -2.05. The second-order valence-corrected chi connectivity index (χ2v) is 2.18. The molecule has 0 fully saturated rings. The maximum absolute atomic E-state index is 11.0. The predicted molar refractivity (Wildman–Crippen MR) is 36.7 cm³/mol. The smallest absolute Gasteiger partial charge is 0.289 e. The molecule has 0 aliphatic rings. The monoisotopic (exact) mass is 139 g/mol. The van der Waals surface area contributed by atoms with Gasteiger partial charge in [0.2, 0.25) is 0 Å². The van der Waals surface area contributed by atoms with Crippen LogP contribution in [0.25, 0.3) is 0 Å². The number of carbonyl (C=O) groups is 1. The summed E-state index contributed by atoms with van der Waals surface area (Å²) in [5, 5.41) is 0. The topological polar surface area (TPSA) is 33.5 Å². The van der Waals surface area contributed by atoms with E-state index in [0.717, 1.165) is 0 Å². The Morgan fingerprint density at radius 1 is 1.60 bits per heavy atom. The van der Waals surface area contributed by atoms with E-state index in [-0.39, 0.29) is 5.91 Å². The molecule has 0 aliphatic heterocycles. The molecule has 0 spiro atoms. The van der Waals surface area contributed by atoms with Gasteiger partial charge in [0.1, 0.15) is 0 Å². The molecule has 0 aromatic carbocycles. The third-order valence-electron chi connectivity index (χ3n) is 1.14. The van der Waals surface area contributed by atoms with Gasteiger partial charge in [-0.1, -0.05) is 0 Å². The average Bonchev–Trinajstić information content (AvgIpc) is 2.36. The second-order valence-electron chi connectivity index (χ2n) is 2.18. The van der Waals surface area contributed by atoms with Crippen LogP contribution in [0.3, 0.4) is 0 Å². The lowest BCUT2D eigenvalue weighted by atomic mass is 10.4. The van der Waals surface area contributed by atoms with Crippen molar-refractivity contribution in [1.82, 2.24) is 4.90 Å². The molecule has 0 unspecified atom stereocenters. The van der Waals surface area contributed by atoms with Crippen molar-refractivity contribution in [2.45, 2.75) is 0 Å². The van der Waals surface area contributed by atoms with Crippen LogP contribution in [0.5, 0.6) is 0 Å². The summed E-state index contributed by atoms with van der Waals surface area (Å²) in [6, 6.07) is 3.33. The van der Waals surface area contributed by atoms with Gasteiger partial charge in [0.25, 0.3) is 5.91 Å². The van der Waals surface area contributed by atoms with Gasteiger partial charge in [-0.3, -0.25) is 4.79 Å². The summed E-state index contributed by atoms with van der Waals surface area (Å²) >= 11 is 0. The number of amides is 1. The third-order valence-corrected chi connectivity index (χ3v) is 1.14. The Bertz CT molecular complexity index is 214. The number of nitrogens with zero attached hydrogens (tertiary/aromatic N) is 1. The van der Waals surface area contributed by atoms with E-state index in [1.54, 1.807) is 26.2 Å². The zero-order valence-corrected chi connectivity index (χ0v) is 6.00. The molecule has 1 amide bonds. The highest BCUT2D eigenvalue weighted by Gasteiger charge is 2.08. The van der Waals surface area contributed by atoms with Crippen molar-refractivity contribution >= 4 is 5.91 Å². The molecule has 1 heterocycles. The minimum absolute atomic E-state index is 0.106. The number of carbonyl (C=O) groups excluding carboxylic acids is 1. The Morgan fingerprint density at radius 3 is 2.70 bits per heavy atom. The first-order valence-corrected chi connectivity index (χ1v) is 2.97.